The molecule has 0 N–H and O–H groups in total. The van der Waals surface area contributed by atoms with Crippen molar-refractivity contribution in [3.8, 4) is 11.3 Å². The van der Waals surface area contributed by atoms with E-state index in [-0.39, 0.29) is 11.8 Å². The molecule has 1 saturated heterocycles. The highest BCUT2D eigenvalue weighted by Crippen LogP contribution is 2.28. The number of hydrogen-bond donors (Lipinski definition) is 0. The molecule has 3 aromatic carbocycles. The Bertz CT molecular complexity index is 1210. The molecule has 0 saturated carbocycles. The van der Waals surface area contributed by atoms with Crippen molar-refractivity contribution in [2.75, 3.05) is 22.9 Å². The molecule has 1 unspecified atom stereocenters. The van der Waals surface area contributed by atoms with Crippen molar-refractivity contribution in [2.24, 2.45) is 5.92 Å². The molecule has 1 aromatic heterocycles. The third-order valence-electron chi connectivity index (χ3n) is 6.33. The standard InChI is InChI=1S/C29H28N4O/c34-29(33(26-16-8-3-9-17-26)20-23-11-4-1-5-12-23)25-15-10-18-32(21-25)28-19-27(30-22-31-28)24-13-6-2-7-14-24/h1-9,11-14,16-17,19,22,25H,10,15,18,20-21H2. The van der Waals surface area contributed by atoms with E-state index in [9.17, 15) is 4.79 Å². The minimum atomic E-state index is -0.0900. The first-order valence-corrected chi connectivity index (χ1v) is 11.8. The van der Waals surface area contributed by atoms with Crippen LogP contribution in [-0.4, -0.2) is 29.0 Å². The number of amides is 1. The van der Waals surface area contributed by atoms with Crippen LogP contribution < -0.4 is 9.80 Å². The summed E-state index contributed by atoms with van der Waals surface area (Å²) in [4.78, 5) is 27.0. The number of carbonyl (C=O) groups excluding carboxylic acids is 1. The van der Waals surface area contributed by atoms with Gasteiger partial charge >= 0.3 is 0 Å². The van der Waals surface area contributed by atoms with Crippen molar-refractivity contribution < 1.29 is 4.79 Å². The SMILES string of the molecule is O=C(C1CCCN(c2cc(-c3ccccc3)ncn2)C1)N(Cc1ccccc1)c1ccccc1. The Morgan fingerprint density at radius 3 is 2.29 bits per heavy atom. The van der Waals surface area contributed by atoms with E-state index in [1.54, 1.807) is 6.33 Å². The van der Waals surface area contributed by atoms with Gasteiger partial charge in [0.1, 0.15) is 12.1 Å². The zero-order valence-corrected chi connectivity index (χ0v) is 19.1. The number of piperidine rings is 1. The Morgan fingerprint density at radius 1 is 0.882 bits per heavy atom. The summed E-state index contributed by atoms with van der Waals surface area (Å²) in [6, 6.07) is 32.3. The van der Waals surface area contributed by atoms with Crippen LogP contribution in [0.1, 0.15) is 18.4 Å². The van der Waals surface area contributed by atoms with Gasteiger partial charge in [0.05, 0.1) is 18.2 Å². The van der Waals surface area contributed by atoms with E-state index in [2.05, 4.69) is 39.1 Å². The van der Waals surface area contributed by atoms with Crippen LogP contribution in [0.15, 0.2) is 103 Å². The van der Waals surface area contributed by atoms with E-state index in [0.29, 0.717) is 13.1 Å². The monoisotopic (exact) mass is 448 g/mol. The summed E-state index contributed by atoms with van der Waals surface area (Å²) in [6.45, 7) is 2.10. The first kappa shape index (κ1) is 21.8. The maximum Gasteiger partial charge on any atom is 0.232 e. The summed E-state index contributed by atoms with van der Waals surface area (Å²) in [5.74, 6) is 0.950. The fourth-order valence-electron chi connectivity index (χ4n) is 4.56. The Kier molecular flexibility index (Phi) is 6.61. The van der Waals surface area contributed by atoms with Gasteiger partial charge in [-0.2, -0.15) is 0 Å². The van der Waals surface area contributed by atoms with Gasteiger partial charge in [0, 0.05) is 30.4 Å². The van der Waals surface area contributed by atoms with E-state index in [1.807, 2.05) is 77.7 Å². The molecule has 1 atom stereocenters. The molecule has 1 aliphatic rings. The van der Waals surface area contributed by atoms with Crippen molar-refractivity contribution >= 4 is 17.4 Å². The van der Waals surface area contributed by atoms with Crippen LogP contribution in [-0.2, 0) is 11.3 Å². The van der Waals surface area contributed by atoms with Gasteiger partial charge in [0.25, 0.3) is 0 Å². The van der Waals surface area contributed by atoms with Crippen molar-refractivity contribution in [1.82, 2.24) is 9.97 Å². The molecule has 0 spiro atoms. The molecule has 0 aliphatic carbocycles. The number of rotatable bonds is 6. The smallest absolute Gasteiger partial charge is 0.232 e. The second kappa shape index (κ2) is 10.3. The van der Waals surface area contributed by atoms with Crippen molar-refractivity contribution in [1.29, 1.82) is 0 Å². The zero-order chi connectivity index (χ0) is 23.2. The van der Waals surface area contributed by atoms with Crippen LogP contribution in [0, 0.1) is 5.92 Å². The van der Waals surface area contributed by atoms with Crippen LogP contribution in [0.2, 0.25) is 0 Å². The van der Waals surface area contributed by atoms with Crippen molar-refractivity contribution in [2.45, 2.75) is 19.4 Å². The lowest BCUT2D eigenvalue weighted by molar-refractivity contribution is -0.122. The van der Waals surface area contributed by atoms with Crippen molar-refractivity contribution in [3.05, 3.63) is 109 Å². The van der Waals surface area contributed by atoms with Crippen molar-refractivity contribution in [3.63, 3.8) is 0 Å². The number of anilines is 2. The van der Waals surface area contributed by atoms with Gasteiger partial charge < -0.3 is 9.80 Å². The number of benzene rings is 3. The number of para-hydroxylation sites is 1. The summed E-state index contributed by atoms with van der Waals surface area (Å²) in [7, 11) is 0. The molecule has 1 fully saturated rings. The quantitative estimate of drug-likeness (QED) is 0.386. The summed E-state index contributed by atoms with van der Waals surface area (Å²) in [5.41, 5.74) is 4.01. The maximum atomic E-state index is 13.8. The maximum absolute atomic E-state index is 13.8. The van der Waals surface area contributed by atoms with Gasteiger partial charge in [0.2, 0.25) is 5.91 Å². The second-order valence-electron chi connectivity index (χ2n) is 8.66. The molecule has 34 heavy (non-hydrogen) atoms. The largest absolute Gasteiger partial charge is 0.356 e. The van der Waals surface area contributed by atoms with Crippen LogP contribution in [0.3, 0.4) is 0 Å². The number of aromatic nitrogens is 2. The topological polar surface area (TPSA) is 49.3 Å². The molecular weight excluding hydrogens is 420 g/mol. The number of hydrogen-bond acceptors (Lipinski definition) is 4. The number of carbonyl (C=O) groups is 1. The molecule has 5 nitrogen and oxygen atoms in total. The van der Waals surface area contributed by atoms with Gasteiger partial charge in [-0.3, -0.25) is 4.79 Å². The molecule has 0 radical (unpaired) electrons. The molecule has 2 heterocycles. The first-order valence-electron chi connectivity index (χ1n) is 11.8. The van der Waals surface area contributed by atoms with Crippen LogP contribution in [0.4, 0.5) is 11.5 Å². The van der Waals surface area contributed by atoms with E-state index >= 15 is 0 Å². The summed E-state index contributed by atoms with van der Waals surface area (Å²) < 4.78 is 0. The predicted octanol–water partition coefficient (Wildman–Crippen LogP) is 5.59. The highest BCUT2D eigenvalue weighted by molar-refractivity contribution is 5.95. The Balaban J connectivity index is 1.37. The Labute approximate surface area is 200 Å². The average molecular weight is 449 g/mol. The lowest BCUT2D eigenvalue weighted by Crippen LogP contribution is -2.45. The van der Waals surface area contributed by atoms with Crippen LogP contribution >= 0.6 is 0 Å². The summed E-state index contributed by atoms with van der Waals surface area (Å²) in [5, 5.41) is 0. The lowest BCUT2D eigenvalue weighted by atomic mass is 9.95. The minimum absolute atomic E-state index is 0.0900. The Morgan fingerprint density at radius 2 is 1.56 bits per heavy atom. The molecule has 5 rings (SSSR count). The molecule has 170 valence electrons. The van der Waals surface area contributed by atoms with E-state index < -0.39 is 0 Å². The average Bonchev–Trinajstić information content (AvgIpc) is 2.93. The van der Waals surface area contributed by atoms with Gasteiger partial charge in [-0.05, 0) is 30.5 Å². The molecular formula is C29H28N4O. The van der Waals surface area contributed by atoms with Gasteiger partial charge in [-0.25, -0.2) is 9.97 Å². The third-order valence-corrected chi connectivity index (χ3v) is 6.33. The highest BCUT2D eigenvalue weighted by atomic mass is 16.2. The second-order valence-corrected chi connectivity index (χ2v) is 8.66. The first-order chi connectivity index (χ1) is 16.8. The normalized spacial score (nSPS) is 15.6. The van der Waals surface area contributed by atoms with Gasteiger partial charge in [-0.1, -0.05) is 78.9 Å². The third kappa shape index (κ3) is 4.99. The van der Waals surface area contributed by atoms with Gasteiger partial charge in [0.15, 0.2) is 0 Å². The van der Waals surface area contributed by atoms with Crippen LogP contribution in [0.5, 0.6) is 0 Å². The minimum Gasteiger partial charge on any atom is -0.356 e. The van der Waals surface area contributed by atoms with E-state index in [1.165, 1.54) is 0 Å². The summed E-state index contributed by atoms with van der Waals surface area (Å²) in [6.07, 6.45) is 3.45. The lowest BCUT2D eigenvalue weighted by Gasteiger charge is -2.35. The van der Waals surface area contributed by atoms with Crippen LogP contribution in [0.25, 0.3) is 11.3 Å². The highest BCUT2D eigenvalue weighted by Gasteiger charge is 2.31. The van der Waals surface area contributed by atoms with Gasteiger partial charge in [-0.15, -0.1) is 0 Å². The molecule has 1 aliphatic heterocycles. The fourth-order valence-corrected chi connectivity index (χ4v) is 4.56. The molecule has 4 aromatic rings. The van der Waals surface area contributed by atoms with E-state index in [0.717, 1.165) is 47.7 Å². The summed E-state index contributed by atoms with van der Waals surface area (Å²) >= 11 is 0. The molecule has 5 heteroatoms. The fraction of sp³-hybridized carbons (Fsp3) is 0.207. The molecule has 0 bridgehead atoms. The number of nitrogens with zero attached hydrogens (tertiary/aromatic N) is 4. The Hall–Kier alpha value is -3.99. The van der Waals surface area contributed by atoms with E-state index in [4.69, 9.17) is 0 Å². The predicted molar refractivity (Wildman–Crippen MR) is 136 cm³/mol. The molecule has 1 amide bonds. The zero-order valence-electron chi connectivity index (χ0n) is 19.1.